The van der Waals surface area contributed by atoms with Gasteiger partial charge in [0.25, 0.3) is 0 Å². The average Bonchev–Trinajstić information content (AvgIpc) is 2.35. The second kappa shape index (κ2) is 3.82. The molecule has 0 saturated heterocycles. The van der Waals surface area contributed by atoms with Crippen molar-refractivity contribution in [2.45, 2.75) is 6.42 Å². The van der Waals surface area contributed by atoms with Crippen molar-refractivity contribution in [3.63, 3.8) is 0 Å². The fraction of sp³-hybridized carbons (Fsp3) is 0.333. The van der Waals surface area contributed by atoms with Crippen LogP contribution in [0, 0.1) is 0 Å². The molecule has 1 aromatic rings. The van der Waals surface area contributed by atoms with Crippen LogP contribution in [0.1, 0.15) is 5.01 Å². The molecule has 5 heteroatoms. The lowest BCUT2D eigenvalue weighted by Crippen LogP contribution is -2.03. The van der Waals surface area contributed by atoms with Gasteiger partial charge in [0.2, 0.25) is 0 Å². The summed E-state index contributed by atoms with van der Waals surface area (Å²) in [5.74, 6) is -0.258. The number of nitrogens with zero attached hydrogens (tertiary/aromatic N) is 1. The van der Waals surface area contributed by atoms with E-state index in [2.05, 4.69) is 25.7 Å². The van der Waals surface area contributed by atoms with Gasteiger partial charge in [-0.15, -0.1) is 11.3 Å². The molecule has 1 heterocycles. The number of hydrogen-bond donors (Lipinski definition) is 0. The van der Waals surface area contributed by atoms with Crippen LogP contribution < -0.4 is 0 Å². The van der Waals surface area contributed by atoms with Gasteiger partial charge in [-0.05, 0) is 15.9 Å². The van der Waals surface area contributed by atoms with Gasteiger partial charge in [0, 0.05) is 5.38 Å². The molecule has 1 rings (SSSR count). The standard InChI is InChI=1S/C6H6BrNO2S/c1-10-6(9)2-5-8-4(7)3-11-5/h3H,2H2,1H3. The van der Waals surface area contributed by atoms with Crippen LogP contribution >= 0.6 is 27.3 Å². The molecule has 11 heavy (non-hydrogen) atoms. The number of esters is 1. The number of hydrogen-bond acceptors (Lipinski definition) is 4. The molecule has 0 amide bonds. The quantitative estimate of drug-likeness (QED) is 0.732. The van der Waals surface area contributed by atoms with Crippen molar-refractivity contribution in [3.05, 3.63) is 15.0 Å². The molecule has 0 fully saturated rings. The van der Waals surface area contributed by atoms with Crippen molar-refractivity contribution in [2.24, 2.45) is 0 Å². The fourth-order valence-corrected chi connectivity index (χ4v) is 1.82. The number of thiazole rings is 1. The van der Waals surface area contributed by atoms with Crippen molar-refractivity contribution >= 4 is 33.2 Å². The van der Waals surface area contributed by atoms with Gasteiger partial charge in [0.15, 0.2) is 0 Å². The van der Waals surface area contributed by atoms with E-state index in [1.54, 1.807) is 0 Å². The van der Waals surface area contributed by atoms with Gasteiger partial charge in [-0.2, -0.15) is 0 Å². The highest BCUT2D eigenvalue weighted by molar-refractivity contribution is 9.10. The molecule has 0 aliphatic heterocycles. The average molecular weight is 236 g/mol. The number of carbonyl (C=O) groups excluding carboxylic acids is 1. The van der Waals surface area contributed by atoms with Crippen LogP contribution in [0.2, 0.25) is 0 Å². The van der Waals surface area contributed by atoms with Gasteiger partial charge in [-0.1, -0.05) is 0 Å². The second-order valence-electron chi connectivity index (χ2n) is 1.82. The van der Waals surface area contributed by atoms with Crippen LogP contribution in [-0.4, -0.2) is 18.1 Å². The lowest BCUT2D eigenvalue weighted by molar-refractivity contribution is -0.139. The van der Waals surface area contributed by atoms with Crippen molar-refractivity contribution in [2.75, 3.05) is 7.11 Å². The van der Waals surface area contributed by atoms with Crippen LogP contribution in [0.15, 0.2) is 9.98 Å². The number of halogens is 1. The highest BCUT2D eigenvalue weighted by Gasteiger charge is 2.05. The molecule has 0 N–H and O–H groups in total. The number of rotatable bonds is 2. The molecule has 0 saturated carbocycles. The summed E-state index contributed by atoms with van der Waals surface area (Å²) < 4.78 is 5.24. The minimum Gasteiger partial charge on any atom is -0.469 e. The van der Waals surface area contributed by atoms with E-state index in [0.717, 1.165) is 9.61 Å². The zero-order valence-corrected chi connectivity index (χ0v) is 8.24. The van der Waals surface area contributed by atoms with Crippen LogP contribution in [0.5, 0.6) is 0 Å². The molecule has 0 aromatic carbocycles. The predicted molar refractivity (Wildman–Crippen MR) is 45.5 cm³/mol. The number of carbonyl (C=O) groups is 1. The zero-order chi connectivity index (χ0) is 8.27. The van der Waals surface area contributed by atoms with E-state index < -0.39 is 0 Å². The summed E-state index contributed by atoms with van der Waals surface area (Å²) in [6.07, 6.45) is 0.257. The molecule has 60 valence electrons. The lowest BCUT2D eigenvalue weighted by atomic mass is 10.5. The van der Waals surface area contributed by atoms with Crippen molar-refractivity contribution in [1.82, 2.24) is 4.98 Å². The Hall–Kier alpha value is -0.420. The molecule has 0 spiro atoms. The lowest BCUT2D eigenvalue weighted by Gasteiger charge is -1.92. The molecule has 3 nitrogen and oxygen atoms in total. The topological polar surface area (TPSA) is 39.2 Å². The van der Waals surface area contributed by atoms with Gasteiger partial charge in [0.1, 0.15) is 9.61 Å². The van der Waals surface area contributed by atoms with Gasteiger partial charge in [-0.25, -0.2) is 4.98 Å². The van der Waals surface area contributed by atoms with E-state index in [4.69, 9.17) is 0 Å². The Bertz CT molecular complexity index is 261. The first kappa shape index (κ1) is 8.67. The van der Waals surface area contributed by atoms with E-state index in [1.165, 1.54) is 18.4 Å². The SMILES string of the molecule is COC(=O)Cc1nc(Br)cs1. The van der Waals surface area contributed by atoms with Crippen molar-refractivity contribution in [1.29, 1.82) is 0 Å². The smallest absolute Gasteiger partial charge is 0.312 e. The van der Waals surface area contributed by atoms with E-state index in [-0.39, 0.29) is 12.4 Å². The maximum Gasteiger partial charge on any atom is 0.312 e. The Morgan fingerprint density at radius 2 is 2.64 bits per heavy atom. The zero-order valence-electron chi connectivity index (χ0n) is 5.83. The first-order valence-electron chi connectivity index (χ1n) is 2.89. The van der Waals surface area contributed by atoms with Gasteiger partial charge >= 0.3 is 5.97 Å². The second-order valence-corrected chi connectivity index (χ2v) is 3.57. The normalized spacial score (nSPS) is 9.64. The van der Waals surface area contributed by atoms with Gasteiger partial charge in [0.05, 0.1) is 13.5 Å². The molecule has 0 atom stereocenters. The van der Waals surface area contributed by atoms with E-state index in [9.17, 15) is 4.79 Å². The third kappa shape index (κ3) is 2.59. The number of methoxy groups -OCH3 is 1. The van der Waals surface area contributed by atoms with Gasteiger partial charge in [-0.3, -0.25) is 4.79 Å². The highest BCUT2D eigenvalue weighted by atomic mass is 79.9. The summed E-state index contributed by atoms with van der Waals surface area (Å²) >= 11 is 4.63. The van der Waals surface area contributed by atoms with E-state index in [1.807, 2.05) is 5.38 Å². The summed E-state index contributed by atoms with van der Waals surface area (Å²) in [4.78, 5) is 14.8. The Balaban J connectivity index is 2.57. The summed E-state index contributed by atoms with van der Waals surface area (Å²) in [7, 11) is 1.37. The molecular weight excluding hydrogens is 230 g/mol. The minimum absolute atomic E-state index is 0.257. The summed E-state index contributed by atoms with van der Waals surface area (Å²) in [6, 6.07) is 0. The Morgan fingerprint density at radius 1 is 1.91 bits per heavy atom. The van der Waals surface area contributed by atoms with Gasteiger partial charge < -0.3 is 4.74 Å². The number of ether oxygens (including phenoxy) is 1. The minimum atomic E-state index is -0.258. The van der Waals surface area contributed by atoms with E-state index >= 15 is 0 Å². The Morgan fingerprint density at radius 3 is 3.09 bits per heavy atom. The fourth-order valence-electron chi connectivity index (χ4n) is 0.565. The molecule has 0 aliphatic rings. The van der Waals surface area contributed by atoms with Crippen molar-refractivity contribution < 1.29 is 9.53 Å². The molecular formula is C6H6BrNO2S. The Labute approximate surface area is 76.5 Å². The molecule has 0 aliphatic carbocycles. The maximum atomic E-state index is 10.7. The van der Waals surface area contributed by atoms with Crippen molar-refractivity contribution in [3.8, 4) is 0 Å². The first-order chi connectivity index (χ1) is 5.22. The summed E-state index contributed by atoms with van der Waals surface area (Å²) in [5.41, 5.74) is 0. The first-order valence-corrected chi connectivity index (χ1v) is 4.56. The Kier molecular flexibility index (Phi) is 3.02. The highest BCUT2D eigenvalue weighted by Crippen LogP contribution is 2.15. The molecule has 1 aromatic heterocycles. The van der Waals surface area contributed by atoms with Crippen LogP contribution in [0.4, 0.5) is 0 Å². The summed E-state index contributed by atoms with van der Waals surface area (Å²) in [6.45, 7) is 0. The maximum absolute atomic E-state index is 10.7. The van der Waals surface area contributed by atoms with Crippen LogP contribution in [0.25, 0.3) is 0 Å². The largest absolute Gasteiger partial charge is 0.469 e. The molecule has 0 unspecified atom stereocenters. The van der Waals surface area contributed by atoms with Crippen LogP contribution in [-0.2, 0) is 16.0 Å². The molecule has 0 bridgehead atoms. The summed E-state index contributed by atoms with van der Waals surface area (Å²) in [5, 5.41) is 2.60. The predicted octanol–water partition coefficient (Wildman–Crippen LogP) is 1.62. The third-order valence-corrected chi connectivity index (χ3v) is 2.61. The monoisotopic (exact) mass is 235 g/mol. The number of aromatic nitrogens is 1. The third-order valence-electron chi connectivity index (χ3n) is 1.05. The molecule has 0 radical (unpaired) electrons. The van der Waals surface area contributed by atoms with Crippen LogP contribution in [0.3, 0.4) is 0 Å². The van der Waals surface area contributed by atoms with E-state index in [0.29, 0.717) is 0 Å².